The Kier molecular flexibility index (Phi) is 6.96. The molecule has 114 valence electrons. The van der Waals surface area contributed by atoms with Gasteiger partial charge in [-0.3, -0.25) is 5.43 Å². The Bertz CT molecular complexity index is 402. The third-order valence-electron chi connectivity index (χ3n) is 2.64. The van der Waals surface area contributed by atoms with Gasteiger partial charge < -0.3 is 14.8 Å². The van der Waals surface area contributed by atoms with Crippen molar-refractivity contribution in [2.24, 2.45) is 11.8 Å². The van der Waals surface area contributed by atoms with Gasteiger partial charge in [-0.25, -0.2) is 5.84 Å². The van der Waals surface area contributed by atoms with E-state index in [4.69, 9.17) is 15.3 Å². The highest BCUT2D eigenvalue weighted by Gasteiger charge is 2.16. The van der Waals surface area contributed by atoms with E-state index in [0.717, 1.165) is 6.42 Å². The van der Waals surface area contributed by atoms with Gasteiger partial charge in [-0.1, -0.05) is 20.8 Å². The minimum atomic E-state index is 0.0899. The van der Waals surface area contributed by atoms with Gasteiger partial charge in [-0.15, -0.1) is 0 Å². The molecule has 1 aromatic rings. The fourth-order valence-corrected chi connectivity index (χ4v) is 1.49. The summed E-state index contributed by atoms with van der Waals surface area (Å²) in [5, 5.41) is 3.21. The summed E-state index contributed by atoms with van der Waals surface area (Å²) in [5.41, 5.74) is 2.41. The van der Waals surface area contributed by atoms with E-state index in [2.05, 4.69) is 39.5 Å². The minimum absolute atomic E-state index is 0.0899. The first-order valence-electron chi connectivity index (χ1n) is 6.71. The van der Waals surface area contributed by atoms with Crippen molar-refractivity contribution >= 4 is 11.9 Å². The van der Waals surface area contributed by atoms with E-state index in [9.17, 15) is 0 Å². The van der Waals surface area contributed by atoms with Crippen LogP contribution in [-0.4, -0.2) is 41.3 Å². The van der Waals surface area contributed by atoms with E-state index in [1.54, 1.807) is 7.11 Å². The largest absolute Gasteiger partial charge is 0.463 e. The van der Waals surface area contributed by atoms with Crippen LogP contribution >= 0.6 is 0 Å². The van der Waals surface area contributed by atoms with Gasteiger partial charge in [0.15, 0.2) is 0 Å². The Hall–Kier alpha value is -1.67. The predicted molar refractivity (Wildman–Crippen MR) is 77.5 cm³/mol. The molecule has 0 bridgehead atoms. The molecule has 0 aliphatic heterocycles. The molecule has 8 nitrogen and oxygen atoms in total. The molecular formula is C12H24N6O2. The highest BCUT2D eigenvalue weighted by atomic mass is 16.5. The number of methoxy groups -OCH3 is 1. The SMILES string of the molecule is CCCOc1nc(NN)nc(NC(COC)C(C)C)n1. The molecule has 1 rings (SSSR count). The summed E-state index contributed by atoms with van der Waals surface area (Å²) in [6, 6.07) is 0.337. The molecule has 0 saturated heterocycles. The first-order valence-corrected chi connectivity index (χ1v) is 6.71. The molecule has 8 heteroatoms. The van der Waals surface area contributed by atoms with Crippen molar-refractivity contribution in [1.82, 2.24) is 15.0 Å². The summed E-state index contributed by atoms with van der Waals surface area (Å²) in [4.78, 5) is 12.4. The highest BCUT2D eigenvalue weighted by Crippen LogP contribution is 2.14. The first kappa shape index (κ1) is 16.4. The Morgan fingerprint density at radius 1 is 1.20 bits per heavy atom. The van der Waals surface area contributed by atoms with Crippen LogP contribution in [0.15, 0.2) is 0 Å². The second kappa shape index (κ2) is 8.49. The number of hydrogen-bond acceptors (Lipinski definition) is 8. The monoisotopic (exact) mass is 284 g/mol. The molecule has 20 heavy (non-hydrogen) atoms. The van der Waals surface area contributed by atoms with Gasteiger partial charge in [-0.05, 0) is 12.3 Å². The maximum absolute atomic E-state index is 5.41. The van der Waals surface area contributed by atoms with Crippen molar-refractivity contribution in [2.75, 3.05) is 31.1 Å². The number of hydrazine groups is 1. The van der Waals surface area contributed by atoms with Gasteiger partial charge in [0.25, 0.3) is 0 Å². The number of nitrogen functional groups attached to an aromatic ring is 1. The molecular weight excluding hydrogens is 260 g/mol. The second-order valence-electron chi connectivity index (χ2n) is 4.71. The molecule has 0 aliphatic carbocycles. The van der Waals surface area contributed by atoms with E-state index in [1.807, 2.05) is 6.92 Å². The summed E-state index contributed by atoms with van der Waals surface area (Å²) >= 11 is 0. The maximum atomic E-state index is 5.41. The lowest BCUT2D eigenvalue weighted by molar-refractivity contribution is 0.170. The van der Waals surface area contributed by atoms with Crippen LogP contribution in [0, 0.1) is 5.92 Å². The van der Waals surface area contributed by atoms with Crippen LogP contribution in [0.3, 0.4) is 0 Å². The summed E-state index contributed by atoms with van der Waals surface area (Å²) in [5.74, 6) is 6.39. The molecule has 0 aliphatic rings. The quantitative estimate of drug-likeness (QED) is 0.456. The number of hydrogen-bond donors (Lipinski definition) is 3. The number of aromatic nitrogens is 3. The topological polar surface area (TPSA) is 107 Å². The Balaban J connectivity index is 2.86. The summed E-state index contributed by atoms with van der Waals surface area (Å²) in [6.45, 7) is 7.29. The molecule has 1 heterocycles. The molecule has 1 atom stereocenters. The zero-order chi connectivity index (χ0) is 15.0. The Morgan fingerprint density at radius 2 is 1.90 bits per heavy atom. The van der Waals surface area contributed by atoms with E-state index in [-0.39, 0.29) is 18.0 Å². The van der Waals surface area contributed by atoms with Gasteiger partial charge in [0.05, 0.1) is 19.3 Å². The fraction of sp³-hybridized carbons (Fsp3) is 0.750. The fourth-order valence-electron chi connectivity index (χ4n) is 1.49. The van der Waals surface area contributed by atoms with E-state index in [0.29, 0.717) is 25.1 Å². The summed E-state index contributed by atoms with van der Waals surface area (Å²) in [6.07, 6.45) is 0.873. The van der Waals surface area contributed by atoms with E-state index in [1.165, 1.54) is 0 Å². The summed E-state index contributed by atoms with van der Waals surface area (Å²) < 4.78 is 10.6. The third-order valence-corrected chi connectivity index (χ3v) is 2.64. The van der Waals surface area contributed by atoms with Gasteiger partial charge in [0, 0.05) is 7.11 Å². The van der Waals surface area contributed by atoms with Crippen molar-refractivity contribution in [2.45, 2.75) is 33.2 Å². The molecule has 0 saturated carbocycles. The summed E-state index contributed by atoms with van der Waals surface area (Å²) in [7, 11) is 1.66. The zero-order valence-corrected chi connectivity index (χ0v) is 12.5. The molecule has 0 fully saturated rings. The van der Waals surface area contributed by atoms with Gasteiger partial charge in [-0.2, -0.15) is 15.0 Å². The number of nitrogens with one attached hydrogen (secondary N) is 2. The Morgan fingerprint density at radius 3 is 2.45 bits per heavy atom. The molecule has 1 aromatic heterocycles. The molecule has 0 radical (unpaired) electrons. The van der Waals surface area contributed by atoms with Crippen LogP contribution in [-0.2, 0) is 4.74 Å². The van der Waals surface area contributed by atoms with E-state index < -0.39 is 0 Å². The van der Waals surface area contributed by atoms with Crippen molar-refractivity contribution in [1.29, 1.82) is 0 Å². The van der Waals surface area contributed by atoms with Crippen LogP contribution in [0.25, 0.3) is 0 Å². The first-order chi connectivity index (χ1) is 9.60. The van der Waals surface area contributed by atoms with Crippen molar-refractivity contribution in [3.05, 3.63) is 0 Å². The second-order valence-corrected chi connectivity index (χ2v) is 4.71. The van der Waals surface area contributed by atoms with Crippen LogP contribution < -0.4 is 21.3 Å². The smallest absolute Gasteiger partial charge is 0.323 e. The van der Waals surface area contributed by atoms with Crippen LogP contribution in [0.2, 0.25) is 0 Å². The highest BCUT2D eigenvalue weighted by molar-refractivity contribution is 5.35. The number of nitrogens with zero attached hydrogens (tertiary/aromatic N) is 3. The number of ether oxygens (including phenoxy) is 2. The van der Waals surface area contributed by atoms with E-state index >= 15 is 0 Å². The van der Waals surface area contributed by atoms with Crippen LogP contribution in [0.4, 0.5) is 11.9 Å². The lowest BCUT2D eigenvalue weighted by Crippen LogP contribution is -2.31. The number of rotatable bonds is 9. The lowest BCUT2D eigenvalue weighted by atomic mass is 10.1. The molecule has 0 aromatic carbocycles. The molecule has 0 spiro atoms. The molecule has 1 unspecified atom stereocenters. The Labute approximate surface area is 119 Å². The van der Waals surface area contributed by atoms with Crippen molar-refractivity contribution in [3.8, 4) is 6.01 Å². The lowest BCUT2D eigenvalue weighted by Gasteiger charge is -2.21. The average molecular weight is 284 g/mol. The molecule has 0 amide bonds. The number of nitrogens with two attached hydrogens (primary N) is 1. The van der Waals surface area contributed by atoms with Gasteiger partial charge in [0.1, 0.15) is 0 Å². The van der Waals surface area contributed by atoms with Crippen molar-refractivity contribution < 1.29 is 9.47 Å². The van der Waals surface area contributed by atoms with Gasteiger partial charge in [0.2, 0.25) is 11.9 Å². The molecule has 4 N–H and O–H groups in total. The predicted octanol–water partition coefficient (Wildman–Crippen LogP) is 1.03. The average Bonchev–Trinajstić information content (AvgIpc) is 2.44. The van der Waals surface area contributed by atoms with Crippen LogP contribution in [0.5, 0.6) is 6.01 Å². The van der Waals surface area contributed by atoms with Crippen molar-refractivity contribution in [3.63, 3.8) is 0 Å². The third kappa shape index (κ3) is 5.14. The van der Waals surface area contributed by atoms with Gasteiger partial charge >= 0.3 is 6.01 Å². The zero-order valence-electron chi connectivity index (χ0n) is 12.5. The number of anilines is 2. The van der Waals surface area contributed by atoms with Crippen LogP contribution in [0.1, 0.15) is 27.2 Å². The minimum Gasteiger partial charge on any atom is -0.463 e. The maximum Gasteiger partial charge on any atom is 0.323 e. The normalized spacial score (nSPS) is 12.3. The standard InChI is InChI=1S/C12H24N6O2/c1-5-6-20-12-16-10(15-11(17-12)18-13)14-9(7-19-4)8(2)3/h8-9H,5-7,13H2,1-4H3,(H2,14,15,16,17,18).